The van der Waals surface area contributed by atoms with Crippen molar-refractivity contribution in [3.8, 4) is 0 Å². The van der Waals surface area contributed by atoms with Crippen LogP contribution >= 0.6 is 24.8 Å². The fraction of sp³-hybridized carbons (Fsp3) is 0.278. The summed E-state index contributed by atoms with van der Waals surface area (Å²) in [6, 6.07) is 10.4. The van der Waals surface area contributed by atoms with Gasteiger partial charge in [0.1, 0.15) is 0 Å². The van der Waals surface area contributed by atoms with Crippen LogP contribution in [-0.2, 0) is 4.79 Å². The van der Waals surface area contributed by atoms with E-state index in [9.17, 15) is 9.59 Å². The first-order valence-electron chi connectivity index (χ1n) is 7.96. The van der Waals surface area contributed by atoms with E-state index in [4.69, 9.17) is 0 Å². The first-order chi connectivity index (χ1) is 11.6. The summed E-state index contributed by atoms with van der Waals surface area (Å²) in [5, 5.41) is 8.91. The summed E-state index contributed by atoms with van der Waals surface area (Å²) >= 11 is 0. The molecule has 140 valence electrons. The third kappa shape index (κ3) is 5.42. The molecule has 1 aromatic heterocycles. The number of hydrogen-bond donors (Lipinski definition) is 3. The molecular weight excluding hydrogens is 375 g/mol. The highest BCUT2D eigenvalue weighted by molar-refractivity contribution is 6.04. The van der Waals surface area contributed by atoms with Gasteiger partial charge in [-0.1, -0.05) is 13.0 Å². The third-order valence-corrected chi connectivity index (χ3v) is 4.26. The van der Waals surface area contributed by atoms with Gasteiger partial charge in [0.25, 0.3) is 5.91 Å². The molecule has 1 fully saturated rings. The van der Waals surface area contributed by atoms with Crippen LogP contribution in [0.5, 0.6) is 0 Å². The zero-order valence-electron chi connectivity index (χ0n) is 14.3. The van der Waals surface area contributed by atoms with Gasteiger partial charge < -0.3 is 16.0 Å². The molecule has 8 heteroatoms. The van der Waals surface area contributed by atoms with Crippen LogP contribution in [0, 0.1) is 11.8 Å². The van der Waals surface area contributed by atoms with Crippen molar-refractivity contribution < 1.29 is 9.59 Å². The quantitative estimate of drug-likeness (QED) is 0.725. The van der Waals surface area contributed by atoms with Gasteiger partial charge in [-0.25, -0.2) is 0 Å². The van der Waals surface area contributed by atoms with Crippen LogP contribution in [0.4, 0.5) is 11.4 Å². The number of amides is 2. The van der Waals surface area contributed by atoms with E-state index in [2.05, 4.69) is 20.9 Å². The van der Waals surface area contributed by atoms with Crippen molar-refractivity contribution in [3.63, 3.8) is 0 Å². The monoisotopic (exact) mass is 396 g/mol. The summed E-state index contributed by atoms with van der Waals surface area (Å²) in [4.78, 5) is 28.3. The van der Waals surface area contributed by atoms with Gasteiger partial charge in [0.2, 0.25) is 5.91 Å². The standard InChI is InChI=1S/C18H20N4O2.2ClH/c1-12(14-10-20-11-14)17(23)21-15-3-2-4-16(9-15)22-18(24)13-5-7-19-8-6-13;;/h2-9,12,14,20H,10-11H2,1H3,(H,21,23)(H,22,24);2*1H. The van der Waals surface area contributed by atoms with E-state index < -0.39 is 0 Å². The highest BCUT2D eigenvalue weighted by Crippen LogP contribution is 2.20. The molecule has 3 rings (SSSR count). The molecule has 1 aromatic carbocycles. The number of anilines is 2. The molecule has 6 nitrogen and oxygen atoms in total. The van der Waals surface area contributed by atoms with E-state index in [1.807, 2.05) is 13.0 Å². The maximum absolute atomic E-state index is 12.3. The zero-order valence-corrected chi connectivity index (χ0v) is 15.9. The number of pyridine rings is 1. The Morgan fingerprint density at radius 3 is 2.27 bits per heavy atom. The molecule has 0 saturated carbocycles. The van der Waals surface area contributed by atoms with Crippen molar-refractivity contribution in [1.82, 2.24) is 10.3 Å². The Morgan fingerprint density at radius 1 is 1.08 bits per heavy atom. The van der Waals surface area contributed by atoms with Crippen molar-refractivity contribution in [2.45, 2.75) is 6.92 Å². The number of carbonyl (C=O) groups is 2. The van der Waals surface area contributed by atoms with E-state index in [-0.39, 0.29) is 42.5 Å². The Bertz CT molecular complexity index is 739. The summed E-state index contributed by atoms with van der Waals surface area (Å²) in [6.45, 7) is 3.71. The molecule has 1 aliphatic heterocycles. The molecule has 2 heterocycles. The minimum absolute atomic E-state index is 0. The van der Waals surface area contributed by atoms with Gasteiger partial charge in [-0.05, 0) is 49.3 Å². The van der Waals surface area contributed by atoms with Crippen molar-refractivity contribution in [3.05, 3.63) is 54.4 Å². The molecule has 1 aliphatic rings. The normalized spacial score (nSPS) is 14.0. The fourth-order valence-corrected chi connectivity index (χ4v) is 2.52. The lowest BCUT2D eigenvalue weighted by Crippen LogP contribution is -2.48. The average Bonchev–Trinajstić information content (AvgIpc) is 2.54. The number of benzene rings is 1. The van der Waals surface area contributed by atoms with Crippen LogP contribution in [0.15, 0.2) is 48.8 Å². The molecular formula is C18H22Cl2N4O2. The number of nitrogens with zero attached hydrogens (tertiary/aromatic N) is 1. The number of hydrogen-bond acceptors (Lipinski definition) is 4. The maximum atomic E-state index is 12.3. The Hall–Kier alpha value is -2.15. The molecule has 0 bridgehead atoms. The van der Waals surface area contributed by atoms with Crippen molar-refractivity contribution in [1.29, 1.82) is 0 Å². The van der Waals surface area contributed by atoms with Gasteiger partial charge in [-0.2, -0.15) is 0 Å². The number of nitrogens with one attached hydrogen (secondary N) is 3. The van der Waals surface area contributed by atoms with E-state index >= 15 is 0 Å². The van der Waals surface area contributed by atoms with E-state index in [0.717, 1.165) is 13.1 Å². The summed E-state index contributed by atoms with van der Waals surface area (Å²) in [5.74, 6) is 0.134. The molecule has 26 heavy (non-hydrogen) atoms. The molecule has 2 amide bonds. The van der Waals surface area contributed by atoms with Crippen molar-refractivity contribution in [2.75, 3.05) is 23.7 Å². The Kier molecular flexibility index (Phi) is 8.51. The molecule has 3 N–H and O–H groups in total. The molecule has 0 spiro atoms. The second-order valence-electron chi connectivity index (χ2n) is 5.97. The third-order valence-electron chi connectivity index (χ3n) is 4.26. The van der Waals surface area contributed by atoms with Gasteiger partial charge >= 0.3 is 0 Å². The topological polar surface area (TPSA) is 83.1 Å². The van der Waals surface area contributed by atoms with Gasteiger partial charge in [0, 0.05) is 35.2 Å². The lowest BCUT2D eigenvalue weighted by molar-refractivity contribution is -0.121. The predicted molar refractivity (Wildman–Crippen MR) is 107 cm³/mol. The Labute approximate surface area is 165 Å². The van der Waals surface area contributed by atoms with Crippen LogP contribution in [0.25, 0.3) is 0 Å². The summed E-state index contributed by atoms with van der Waals surface area (Å²) in [6.07, 6.45) is 3.14. The molecule has 1 atom stereocenters. The molecule has 2 aromatic rings. The van der Waals surface area contributed by atoms with E-state index in [1.54, 1.807) is 42.7 Å². The van der Waals surface area contributed by atoms with E-state index in [0.29, 0.717) is 22.9 Å². The summed E-state index contributed by atoms with van der Waals surface area (Å²) in [7, 11) is 0. The second kappa shape index (κ2) is 10.1. The highest BCUT2D eigenvalue weighted by atomic mass is 35.5. The Balaban J connectivity index is 0.00000169. The summed E-state index contributed by atoms with van der Waals surface area (Å²) < 4.78 is 0. The van der Waals surface area contributed by atoms with Crippen LogP contribution in [0.2, 0.25) is 0 Å². The van der Waals surface area contributed by atoms with Crippen molar-refractivity contribution in [2.24, 2.45) is 11.8 Å². The largest absolute Gasteiger partial charge is 0.326 e. The number of halogens is 2. The SMILES string of the molecule is CC(C(=O)Nc1cccc(NC(=O)c2ccncc2)c1)C1CNC1.Cl.Cl. The van der Waals surface area contributed by atoms with E-state index in [1.165, 1.54) is 0 Å². The summed E-state index contributed by atoms with van der Waals surface area (Å²) in [5.41, 5.74) is 1.84. The first kappa shape index (κ1) is 21.9. The van der Waals surface area contributed by atoms with Gasteiger partial charge in [0.15, 0.2) is 0 Å². The molecule has 0 aliphatic carbocycles. The molecule has 1 saturated heterocycles. The van der Waals surface area contributed by atoms with Gasteiger partial charge in [-0.15, -0.1) is 24.8 Å². The number of carbonyl (C=O) groups excluding carboxylic acids is 2. The fourth-order valence-electron chi connectivity index (χ4n) is 2.52. The lowest BCUT2D eigenvalue weighted by Gasteiger charge is -2.31. The molecule has 1 unspecified atom stereocenters. The number of rotatable bonds is 5. The predicted octanol–water partition coefficient (Wildman–Crippen LogP) is 2.97. The van der Waals surface area contributed by atoms with Crippen molar-refractivity contribution >= 4 is 48.0 Å². The van der Waals surface area contributed by atoms with Gasteiger partial charge in [0.05, 0.1) is 0 Å². The van der Waals surface area contributed by atoms with Crippen LogP contribution in [-0.4, -0.2) is 29.9 Å². The maximum Gasteiger partial charge on any atom is 0.255 e. The van der Waals surface area contributed by atoms with Crippen LogP contribution in [0.3, 0.4) is 0 Å². The van der Waals surface area contributed by atoms with Crippen LogP contribution in [0.1, 0.15) is 17.3 Å². The average molecular weight is 397 g/mol. The lowest BCUT2D eigenvalue weighted by atomic mass is 9.88. The minimum atomic E-state index is -0.213. The number of aromatic nitrogens is 1. The first-order valence-corrected chi connectivity index (χ1v) is 7.96. The van der Waals surface area contributed by atoms with Crippen LogP contribution < -0.4 is 16.0 Å². The minimum Gasteiger partial charge on any atom is -0.326 e. The highest BCUT2D eigenvalue weighted by Gasteiger charge is 2.28. The smallest absolute Gasteiger partial charge is 0.255 e. The zero-order chi connectivity index (χ0) is 16.9. The van der Waals surface area contributed by atoms with Gasteiger partial charge in [-0.3, -0.25) is 14.6 Å². The molecule has 0 radical (unpaired) electrons. The second-order valence-corrected chi connectivity index (χ2v) is 5.97. The Morgan fingerprint density at radius 2 is 1.69 bits per heavy atom.